The Labute approximate surface area is 167 Å². The van der Waals surface area contributed by atoms with Crippen LogP contribution < -0.4 is 9.47 Å². The van der Waals surface area contributed by atoms with E-state index in [1.54, 1.807) is 0 Å². The van der Waals surface area contributed by atoms with E-state index >= 15 is 0 Å². The van der Waals surface area contributed by atoms with E-state index in [4.69, 9.17) is 9.47 Å². The van der Waals surface area contributed by atoms with Gasteiger partial charge >= 0.3 is 11.9 Å². The first-order valence-electron chi connectivity index (χ1n) is 9.71. The second-order valence-corrected chi connectivity index (χ2v) is 7.75. The van der Waals surface area contributed by atoms with Crippen LogP contribution in [0.25, 0.3) is 10.8 Å². The second-order valence-electron chi connectivity index (χ2n) is 7.75. The summed E-state index contributed by atoms with van der Waals surface area (Å²) in [6.07, 6.45) is 3.89. The molecule has 2 aromatic carbocycles. The standard InChI is InChI=1S/C24H30O4/c1-14(2)9-8-10-20-16(5)11-12-19-13-21(15(3)4)23(27-17(6)25)24(22(19)20)28-18(7)26/h9,11-13,15H,8,10H2,1-7H3. The van der Waals surface area contributed by atoms with Crippen molar-refractivity contribution in [1.82, 2.24) is 0 Å². The molecule has 2 aromatic rings. The van der Waals surface area contributed by atoms with Gasteiger partial charge in [-0.3, -0.25) is 9.59 Å². The summed E-state index contributed by atoms with van der Waals surface area (Å²) in [5.41, 5.74) is 4.34. The molecule has 0 spiro atoms. The molecule has 0 aliphatic heterocycles. The molecule has 0 unspecified atom stereocenters. The van der Waals surface area contributed by atoms with E-state index in [2.05, 4.69) is 32.9 Å². The van der Waals surface area contributed by atoms with Crippen molar-refractivity contribution in [2.75, 3.05) is 0 Å². The maximum atomic E-state index is 11.9. The third-order valence-electron chi connectivity index (χ3n) is 4.65. The molecule has 0 saturated carbocycles. The topological polar surface area (TPSA) is 52.6 Å². The van der Waals surface area contributed by atoms with Crippen LogP contribution in [0.15, 0.2) is 29.8 Å². The van der Waals surface area contributed by atoms with Crippen LogP contribution >= 0.6 is 0 Å². The summed E-state index contributed by atoms with van der Waals surface area (Å²) in [5, 5.41) is 1.83. The van der Waals surface area contributed by atoms with Crippen LogP contribution in [0, 0.1) is 6.92 Å². The molecule has 4 nitrogen and oxygen atoms in total. The van der Waals surface area contributed by atoms with Crippen molar-refractivity contribution in [3.63, 3.8) is 0 Å². The van der Waals surface area contributed by atoms with Crippen molar-refractivity contribution >= 4 is 22.7 Å². The van der Waals surface area contributed by atoms with E-state index in [-0.39, 0.29) is 5.92 Å². The fraction of sp³-hybridized carbons (Fsp3) is 0.417. The van der Waals surface area contributed by atoms with Crippen LogP contribution in [0.5, 0.6) is 11.5 Å². The number of carbonyl (C=O) groups is 2. The summed E-state index contributed by atoms with van der Waals surface area (Å²) < 4.78 is 11.2. The third-order valence-corrected chi connectivity index (χ3v) is 4.65. The first-order valence-corrected chi connectivity index (χ1v) is 9.71. The van der Waals surface area contributed by atoms with Gasteiger partial charge in [0.05, 0.1) is 0 Å². The molecular formula is C24H30O4. The minimum atomic E-state index is -0.438. The van der Waals surface area contributed by atoms with Crippen molar-refractivity contribution < 1.29 is 19.1 Å². The van der Waals surface area contributed by atoms with Crippen LogP contribution in [0.4, 0.5) is 0 Å². The van der Waals surface area contributed by atoms with E-state index in [9.17, 15) is 9.59 Å². The number of fused-ring (bicyclic) bond motifs is 1. The maximum Gasteiger partial charge on any atom is 0.308 e. The lowest BCUT2D eigenvalue weighted by Crippen LogP contribution is -2.11. The van der Waals surface area contributed by atoms with Crippen LogP contribution in [0.3, 0.4) is 0 Å². The Bertz CT molecular complexity index is 932. The predicted molar refractivity (Wildman–Crippen MR) is 113 cm³/mol. The Balaban J connectivity index is 2.86. The summed E-state index contributed by atoms with van der Waals surface area (Å²) in [6.45, 7) is 13.0. The molecule has 0 heterocycles. The summed E-state index contributed by atoms with van der Waals surface area (Å²) in [6, 6.07) is 6.16. The largest absolute Gasteiger partial charge is 0.422 e. The quantitative estimate of drug-likeness (QED) is 0.348. The molecule has 2 rings (SSSR count). The van der Waals surface area contributed by atoms with Crippen LogP contribution in [0.1, 0.15) is 70.6 Å². The van der Waals surface area contributed by atoms with Gasteiger partial charge in [-0.05, 0) is 62.1 Å². The fourth-order valence-electron chi connectivity index (χ4n) is 3.38. The Kier molecular flexibility index (Phi) is 7.00. The average Bonchev–Trinajstić information content (AvgIpc) is 2.57. The summed E-state index contributed by atoms with van der Waals surface area (Å²) >= 11 is 0. The number of hydrogen-bond acceptors (Lipinski definition) is 4. The number of rotatable bonds is 6. The van der Waals surface area contributed by atoms with E-state index in [1.807, 2.05) is 26.0 Å². The highest BCUT2D eigenvalue weighted by molar-refractivity contribution is 5.98. The maximum absolute atomic E-state index is 11.9. The van der Waals surface area contributed by atoms with Crippen molar-refractivity contribution in [2.45, 2.75) is 67.2 Å². The number of hydrogen-bond donors (Lipinski definition) is 0. The zero-order valence-corrected chi connectivity index (χ0v) is 17.9. The minimum Gasteiger partial charge on any atom is -0.422 e. The lowest BCUT2D eigenvalue weighted by Gasteiger charge is -2.21. The molecule has 0 saturated heterocycles. The minimum absolute atomic E-state index is 0.100. The Morgan fingerprint density at radius 1 is 1.00 bits per heavy atom. The molecule has 0 radical (unpaired) electrons. The number of carbonyl (C=O) groups excluding carboxylic acids is 2. The van der Waals surface area contributed by atoms with Crippen LogP contribution in [-0.2, 0) is 16.0 Å². The van der Waals surface area contributed by atoms with Crippen LogP contribution in [-0.4, -0.2) is 11.9 Å². The molecule has 0 aromatic heterocycles. The normalized spacial score (nSPS) is 10.9. The van der Waals surface area contributed by atoms with Gasteiger partial charge in [0.15, 0.2) is 11.5 Å². The number of allylic oxidation sites excluding steroid dienone is 2. The Morgan fingerprint density at radius 3 is 2.14 bits per heavy atom. The monoisotopic (exact) mass is 382 g/mol. The molecule has 150 valence electrons. The van der Waals surface area contributed by atoms with Crippen LogP contribution in [0.2, 0.25) is 0 Å². The first-order chi connectivity index (χ1) is 13.1. The Hall–Kier alpha value is -2.62. The number of ether oxygens (including phenoxy) is 2. The van der Waals surface area contributed by atoms with E-state index in [1.165, 1.54) is 19.4 Å². The van der Waals surface area contributed by atoms with Gasteiger partial charge in [0, 0.05) is 24.8 Å². The van der Waals surface area contributed by atoms with Gasteiger partial charge in [0.2, 0.25) is 0 Å². The van der Waals surface area contributed by atoms with Gasteiger partial charge in [-0.15, -0.1) is 0 Å². The van der Waals surface area contributed by atoms with Gasteiger partial charge in [0.25, 0.3) is 0 Å². The lowest BCUT2D eigenvalue weighted by atomic mass is 9.91. The first kappa shape index (κ1) is 21.7. The van der Waals surface area contributed by atoms with Gasteiger partial charge in [-0.2, -0.15) is 0 Å². The molecule has 28 heavy (non-hydrogen) atoms. The van der Waals surface area contributed by atoms with Crippen molar-refractivity contribution in [3.8, 4) is 11.5 Å². The number of esters is 2. The second kappa shape index (κ2) is 9.05. The van der Waals surface area contributed by atoms with Gasteiger partial charge in [-0.25, -0.2) is 0 Å². The molecule has 4 heteroatoms. The molecular weight excluding hydrogens is 352 g/mol. The number of aryl methyl sites for hydroxylation is 2. The molecule has 0 aliphatic carbocycles. The van der Waals surface area contributed by atoms with Crippen molar-refractivity contribution in [2.24, 2.45) is 0 Å². The zero-order valence-electron chi connectivity index (χ0n) is 17.9. The highest BCUT2D eigenvalue weighted by atomic mass is 16.6. The van der Waals surface area contributed by atoms with E-state index < -0.39 is 11.9 Å². The lowest BCUT2D eigenvalue weighted by molar-refractivity contribution is -0.134. The average molecular weight is 383 g/mol. The highest BCUT2D eigenvalue weighted by Crippen LogP contribution is 2.44. The molecule has 0 atom stereocenters. The highest BCUT2D eigenvalue weighted by Gasteiger charge is 2.23. The predicted octanol–water partition coefficient (Wildman–Crippen LogP) is 6.02. The zero-order chi connectivity index (χ0) is 21.0. The molecule has 0 fully saturated rings. The van der Waals surface area contributed by atoms with E-state index in [0.29, 0.717) is 11.5 Å². The summed E-state index contributed by atoms with van der Waals surface area (Å²) in [5.74, 6) is -0.0803. The van der Waals surface area contributed by atoms with Gasteiger partial charge < -0.3 is 9.47 Å². The Morgan fingerprint density at radius 2 is 1.61 bits per heavy atom. The van der Waals surface area contributed by atoms with E-state index in [0.717, 1.165) is 40.3 Å². The van der Waals surface area contributed by atoms with Gasteiger partial charge in [-0.1, -0.05) is 37.6 Å². The SMILES string of the molecule is CC(=O)Oc1c(C(C)C)cc2ccc(C)c(CCC=C(C)C)c2c1OC(C)=O. The summed E-state index contributed by atoms with van der Waals surface area (Å²) in [7, 11) is 0. The summed E-state index contributed by atoms with van der Waals surface area (Å²) in [4.78, 5) is 23.7. The van der Waals surface area contributed by atoms with Crippen molar-refractivity contribution in [3.05, 3.63) is 46.5 Å². The molecule has 0 aliphatic rings. The smallest absolute Gasteiger partial charge is 0.308 e. The third kappa shape index (κ3) is 5.00. The van der Waals surface area contributed by atoms with Crippen molar-refractivity contribution in [1.29, 1.82) is 0 Å². The molecule has 0 N–H and O–H groups in total. The fourth-order valence-corrected chi connectivity index (χ4v) is 3.38. The molecule has 0 amide bonds. The number of benzene rings is 2. The van der Waals surface area contributed by atoms with Gasteiger partial charge in [0.1, 0.15) is 0 Å². The molecule has 0 bridgehead atoms.